The Bertz CT molecular complexity index is 425. The van der Waals surface area contributed by atoms with Crippen molar-refractivity contribution in [1.82, 2.24) is 10.6 Å². The van der Waals surface area contributed by atoms with Crippen LogP contribution in [-0.4, -0.2) is 30.1 Å². The van der Waals surface area contributed by atoms with Crippen molar-refractivity contribution in [2.24, 2.45) is 0 Å². The van der Waals surface area contributed by atoms with Gasteiger partial charge in [0.05, 0.1) is 12.1 Å². The van der Waals surface area contributed by atoms with E-state index < -0.39 is 6.10 Å². The van der Waals surface area contributed by atoms with Crippen LogP contribution in [0.5, 0.6) is 0 Å². The van der Waals surface area contributed by atoms with E-state index in [0.717, 1.165) is 12.8 Å². The molecule has 1 aliphatic heterocycles. The predicted molar refractivity (Wildman–Crippen MR) is 65.4 cm³/mol. The van der Waals surface area contributed by atoms with Gasteiger partial charge < -0.3 is 15.7 Å². The Morgan fingerprint density at radius 1 is 1.56 bits per heavy atom. The summed E-state index contributed by atoms with van der Waals surface area (Å²) in [5.74, 6) is -0.408. The number of carbonyl (C=O) groups is 1. The smallest absolute Gasteiger partial charge is 0.237 e. The zero-order valence-electron chi connectivity index (χ0n) is 10.0. The number of aliphatic hydroxyl groups is 1. The van der Waals surface area contributed by atoms with Gasteiger partial charge in [0, 0.05) is 13.1 Å². The normalized spacial score (nSPS) is 21.4. The maximum Gasteiger partial charge on any atom is 0.237 e. The largest absolute Gasteiger partial charge is 0.387 e. The van der Waals surface area contributed by atoms with Crippen molar-refractivity contribution in [3.63, 3.8) is 0 Å². The van der Waals surface area contributed by atoms with E-state index in [1.807, 2.05) is 0 Å². The highest BCUT2D eigenvalue weighted by Crippen LogP contribution is 2.14. The fourth-order valence-corrected chi connectivity index (χ4v) is 2.05. The maximum absolute atomic E-state index is 13.0. The van der Waals surface area contributed by atoms with Gasteiger partial charge in [-0.15, -0.1) is 0 Å². The lowest BCUT2D eigenvalue weighted by atomic mass is 10.1. The molecule has 0 saturated carbocycles. The summed E-state index contributed by atoms with van der Waals surface area (Å²) >= 11 is 0. The van der Waals surface area contributed by atoms with Gasteiger partial charge in [0.2, 0.25) is 5.91 Å². The Labute approximate surface area is 105 Å². The predicted octanol–water partition coefficient (Wildman–Crippen LogP) is 0.727. The fourth-order valence-electron chi connectivity index (χ4n) is 2.05. The van der Waals surface area contributed by atoms with Crippen molar-refractivity contribution in [1.29, 1.82) is 0 Å². The van der Waals surface area contributed by atoms with Crippen LogP contribution >= 0.6 is 0 Å². The van der Waals surface area contributed by atoms with Crippen LogP contribution in [0.4, 0.5) is 4.39 Å². The highest BCUT2D eigenvalue weighted by molar-refractivity contribution is 5.82. The highest BCUT2D eigenvalue weighted by Gasteiger charge is 2.22. The molecule has 1 heterocycles. The molecule has 2 atom stereocenters. The van der Waals surface area contributed by atoms with Crippen LogP contribution in [0.1, 0.15) is 24.5 Å². The van der Waals surface area contributed by atoms with Crippen LogP contribution in [0.2, 0.25) is 0 Å². The standard InChI is InChI=1S/C13H17FN2O2/c14-10-4-1-3-9(7-10)12(17)8-16-11-5-2-6-15-13(11)18/h1,3-4,7,11-12,16-17H,2,5-6,8H2,(H,15,18). The Morgan fingerprint density at radius 3 is 3.11 bits per heavy atom. The number of amides is 1. The third kappa shape index (κ3) is 3.27. The molecule has 0 bridgehead atoms. The summed E-state index contributed by atoms with van der Waals surface area (Å²) in [5.41, 5.74) is 0.513. The number of benzene rings is 1. The summed E-state index contributed by atoms with van der Waals surface area (Å²) in [7, 11) is 0. The van der Waals surface area contributed by atoms with E-state index in [4.69, 9.17) is 0 Å². The molecule has 1 amide bonds. The van der Waals surface area contributed by atoms with Crippen molar-refractivity contribution >= 4 is 5.91 Å². The van der Waals surface area contributed by atoms with Crippen molar-refractivity contribution in [3.05, 3.63) is 35.6 Å². The average Bonchev–Trinajstić information content (AvgIpc) is 2.37. The Balaban J connectivity index is 1.87. The molecule has 3 N–H and O–H groups in total. The van der Waals surface area contributed by atoms with Gasteiger partial charge in [0.1, 0.15) is 5.82 Å². The zero-order valence-corrected chi connectivity index (χ0v) is 10.0. The quantitative estimate of drug-likeness (QED) is 0.740. The molecular formula is C13H17FN2O2. The van der Waals surface area contributed by atoms with Crippen molar-refractivity contribution in [3.8, 4) is 0 Å². The lowest BCUT2D eigenvalue weighted by molar-refractivity contribution is -0.124. The van der Waals surface area contributed by atoms with E-state index in [9.17, 15) is 14.3 Å². The lowest BCUT2D eigenvalue weighted by Gasteiger charge is -2.24. The Hall–Kier alpha value is -1.46. The van der Waals surface area contributed by atoms with Gasteiger partial charge in [-0.2, -0.15) is 0 Å². The van der Waals surface area contributed by atoms with E-state index in [0.29, 0.717) is 12.1 Å². The van der Waals surface area contributed by atoms with Crippen molar-refractivity contribution < 1.29 is 14.3 Å². The first-order valence-electron chi connectivity index (χ1n) is 6.11. The second-order valence-corrected chi connectivity index (χ2v) is 4.46. The summed E-state index contributed by atoms with van der Waals surface area (Å²) in [6.45, 7) is 0.949. The summed E-state index contributed by atoms with van der Waals surface area (Å²) < 4.78 is 13.0. The molecule has 1 aromatic rings. The number of carbonyl (C=O) groups excluding carboxylic acids is 1. The molecule has 18 heavy (non-hydrogen) atoms. The summed E-state index contributed by atoms with van der Waals surface area (Å²) in [6.07, 6.45) is 0.886. The van der Waals surface area contributed by atoms with E-state index in [-0.39, 0.29) is 24.3 Å². The molecule has 1 saturated heterocycles. The van der Waals surface area contributed by atoms with Crippen LogP contribution < -0.4 is 10.6 Å². The molecule has 1 aromatic carbocycles. The molecule has 1 aliphatic rings. The molecule has 2 unspecified atom stereocenters. The van der Waals surface area contributed by atoms with Crippen LogP contribution in [-0.2, 0) is 4.79 Å². The molecule has 98 valence electrons. The number of piperidine rings is 1. The Kier molecular flexibility index (Phi) is 4.28. The monoisotopic (exact) mass is 252 g/mol. The van der Waals surface area contributed by atoms with Gasteiger partial charge in [-0.1, -0.05) is 12.1 Å². The molecule has 1 fully saturated rings. The lowest BCUT2D eigenvalue weighted by Crippen LogP contribution is -2.49. The van der Waals surface area contributed by atoms with Gasteiger partial charge in [-0.05, 0) is 30.5 Å². The number of halogens is 1. The average molecular weight is 252 g/mol. The van der Waals surface area contributed by atoms with Gasteiger partial charge in [-0.25, -0.2) is 4.39 Å². The first-order valence-corrected chi connectivity index (χ1v) is 6.11. The highest BCUT2D eigenvalue weighted by atomic mass is 19.1. The first kappa shape index (κ1) is 13.0. The first-order chi connectivity index (χ1) is 8.66. The van der Waals surface area contributed by atoms with Crippen LogP contribution in [0.15, 0.2) is 24.3 Å². The molecule has 5 heteroatoms. The SMILES string of the molecule is O=C1NCCCC1NCC(O)c1cccc(F)c1. The van der Waals surface area contributed by atoms with Crippen LogP contribution in [0.25, 0.3) is 0 Å². The second kappa shape index (κ2) is 5.93. The van der Waals surface area contributed by atoms with E-state index in [1.165, 1.54) is 12.1 Å². The van der Waals surface area contributed by atoms with E-state index in [2.05, 4.69) is 10.6 Å². The minimum atomic E-state index is -0.810. The number of aliphatic hydroxyl groups excluding tert-OH is 1. The molecule has 4 nitrogen and oxygen atoms in total. The van der Waals surface area contributed by atoms with E-state index >= 15 is 0 Å². The third-order valence-electron chi connectivity index (χ3n) is 3.08. The van der Waals surface area contributed by atoms with Gasteiger partial charge in [0.25, 0.3) is 0 Å². The van der Waals surface area contributed by atoms with Crippen LogP contribution in [0, 0.1) is 5.82 Å². The van der Waals surface area contributed by atoms with Gasteiger partial charge in [-0.3, -0.25) is 4.79 Å². The summed E-state index contributed by atoms with van der Waals surface area (Å²) in [5, 5.41) is 15.7. The molecule has 0 aromatic heterocycles. The fraction of sp³-hybridized carbons (Fsp3) is 0.462. The minimum Gasteiger partial charge on any atom is -0.387 e. The molecule has 0 radical (unpaired) electrons. The minimum absolute atomic E-state index is 0.0345. The topological polar surface area (TPSA) is 61.4 Å². The van der Waals surface area contributed by atoms with Crippen LogP contribution in [0.3, 0.4) is 0 Å². The molecule has 0 aliphatic carbocycles. The van der Waals surface area contributed by atoms with Gasteiger partial charge in [0.15, 0.2) is 0 Å². The third-order valence-corrected chi connectivity index (χ3v) is 3.08. The van der Waals surface area contributed by atoms with Crippen molar-refractivity contribution in [2.45, 2.75) is 25.0 Å². The van der Waals surface area contributed by atoms with E-state index in [1.54, 1.807) is 12.1 Å². The Morgan fingerprint density at radius 2 is 2.39 bits per heavy atom. The molecule has 0 spiro atoms. The number of hydrogen-bond donors (Lipinski definition) is 3. The summed E-state index contributed by atoms with van der Waals surface area (Å²) in [6, 6.07) is 5.59. The maximum atomic E-state index is 13.0. The number of hydrogen-bond acceptors (Lipinski definition) is 3. The van der Waals surface area contributed by atoms with Gasteiger partial charge >= 0.3 is 0 Å². The number of rotatable bonds is 4. The molecular weight excluding hydrogens is 235 g/mol. The molecule has 2 rings (SSSR count). The second-order valence-electron chi connectivity index (χ2n) is 4.46. The zero-order chi connectivity index (χ0) is 13.0. The summed E-state index contributed by atoms with van der Waals surface area (Å²) in [4.78, 5) is 11.5. The van der Waals surface area contributed by atoms with Crippen molar-refractivity contribution in [2.75, 3.05) is 13.1 Å². The number of nitrogens with one attached hydrogen (secondary N) is 2.